The normalized spacial score (nSPS) is 17.3. The van der Waals surface area contributed by atoms with E-state index in [9.17, 15) is 4.79 Å². The third-order valence-electron chi connectivity index (χ3n) is 7.48. The highest BCUT2D eigenvalue weighted by Gasteiger charge is 2.45. The van der Waals surface area contributed by atoms with E-state index >= 15 is 0 Å². The zero-order valence-electron chi connectivity index (χ0n) is 21.3. The van der Waals surface area contributed by atoms with Crippen LogP contribution in [0.15, 0.2) is 53.7 Å². The fourth-order valence-corrected chi connectivity index (χ4v) is 5.47. The highest BCUT2D eigenvalue weighted by Crippen LogP contribution is 2.42. The van der Waals surface area contributed by atoms with Crippen LogP contribution in [0.5, 0.6) is 0 Å². The number of nitrogens with one attached hydrogen (secondary N) is 2. The van der Waals surface area contributed by atoms with E-state index in [-0.39, 0.29) is 11.6 Å². The number of benzene rings is 1. The van der Waals surface area contributed by atoms with Gasteiger partial charge >= 0.3 is 0 Å². The van der Waals surface area contributed by atoms with Gasteiger partial charge in [0, 0.05) is 68.3 Å². The number of hydrogen-bond donors (Lipinski definition) is 2. The molecule has 38 heavy (non-hydrogen) atoms. The number of nitrogens with zero attached hydrogens (tertiary/aromatic N) is 6. The Hall–Kier alpha value is -3.76. The Bertz CT molecular complexity index is 1530. The van der Waals surface area contributed by atoms with Gasteiger partial charge in [0.15, 0.2) is 5.82 Å². The van der Waals surface area contributed by atoms with Crippen LogP contribution in [0.2, 0.25) is 5.02 Å². The monoisotopic (exact) mass is 532 g/mol. The van der Waals surface area contributed by atoms with E-state index in [4.69, 9.17) is 21.3 Å². The Labute approximate surface area is 225 Å². The van der Waals surface area contributed by atoms with E-state index in [2.05, 4.69) is 30.5 Å². The molecule has 2 aliphatic rings. The number of ether oxygens (including phenoxy) is 1. The Balaban J connectivity index is 1.31. The fourth-order valence-electron chi connectivity index (χ4n) is 5.33. The van der Waals surface area contributed by atoms with Crippen LogP contribution in [0.4, 0.5) is 23.1 Å². The maximum Gasteiger partial charge on any atom is 0.252 e. The van der Waals surface area contributed by atoms with Crippen molar-refractivity contribution in [3.8, 4) is 0 Å². The average Bonchev–Trinajstić information content (AvgIpc) is 2.92. The largest absolute Gasteiger partial charge is 0.381 e. The smallest absolute Gasteiger partial charge is 0.252 e. The third-order valence-corrected chi connectivity index (χ3v) is 7.75. The average molecular weight is 533 g/mol. The highest BCUT2D eigenvalue weighted by molar-refractivity contribution is 6.33. The maximum atomic E-state index is 13.0. The van der Waals surface area contributed by atoms with Crippen LogP contribution in [0.1, 0.15) is 31.6 Å². The molecule has 5 heterocycles. The van der Waals surface area contributed by atoms with Crippen molar-refractivity contribution < 1.29 is 4.74 Å². The summed E-state index contributed by atoms with van der Waals surface area (Å²) in [6.07, 6.45) is 7.16. The summed E-state index contributed by atoms with van der Waals surface area (Å²) in [6.45, 7) is 5.42. The molecular weight excluding hydrogens is 504 g/mol. The van der Waals surface area contributed by atoms with Gasteiger partial charge in [-0.25, -0.2) is 15.0 Å². The Morgan fingerprint density at radius 2 is 1.84 bits per heavy atom. The molecule has 1 unspecified atom stereocenters. The van der Waals surface area contributed by atoms with E-state index < -0.39 is 0 Å². The molecule has 0 aliphatic carbocycles. The van der Waals surface area contributed by atoms with Crippen molar-refractivity contribution in [2.24, 2.45) is 12.5 Å². The number of fused-ring (bicyclic) bond motifs is 1. The van der Waals surface area contributed by atoms with E-state index in [1.165, 1.54) is 0 Å². The highest BCUT2D eigenvalue weighted by atomic mass is 35.5. The molecule has 1 atom stereocenters. The molecule has 1 aromatic carbocycles. The number of rotatable bonds is 6. The molecule has 4 aromatic rings. The lowest BCUT2D eigenvalue weighted by Gasteiger charge is -2.52. The lowest BCUT2D eigenvalue weighted by atomic mass is 9.73. The molecule has 1 spiro atoms. The van der Waals surface area contributed by atoms with Gasteiger partial charge in [-0.2, -0.15) is 4.98 Å². The molecule has 2 aliphatic heterocycles. The zero-order chi connectivity index (χ0) is 26.3. The van der Waals surface area contributed by atoms with E-state index in [1.807, 2.05) is 25.1 Å². The van der Waals surface area contributed by atoms with Crippen LogP contribution >= 0.6 is 11.6 Å². The van der Waals surface area contributed by atoms with Crippen LogP contribution < -0.4 is 21.1 Å². The van der Waals surface area contributed by atoms with Crippen LogP contribution in [0.3, 0.4) is 0 Å². The summed E-state index contributed by atoms with van der Waals surface area (Å²) in [4.78, 5) is 33.1. The van der Waals surface area contributed by atoms with Gasteiger partial charge in [0.2, 0.25) is 5.95 Å². The number of aromatic nitrogens is 5. The first-order valence-corrected chi connectivity index (χ1v) is 13.1. The summed E-state index contributed by atoms with van der Waals surface area (Å²) >= 11 is 6.53. The Morgan fingerprint density at radius 1 is 1.08 bits per heavy atom. The predicted molar refractivity (Wildman–Crippen MR) is 148 cm³/mol. The van der Waals surface area contributed by atoms with Crippen molar-refractivity contribution in [3.05, 3.63) is 70.1 Å². The molecule has 10 nitrogen and oxygen atoms in total. The molecule has 3 aromatic heterocycles. The van der Waals surface area contributed by atoms with Gasteiger partial charge < -0.3 is 24.8 Å². The summed E-state index contributed by atoms with van der Waals surface area (Å²) in [7, 11) is 1.75. The number of anilines is 4. The molecule has 0 amide bonds. The molecule has 0 radical (unpaired) electrons. The minimum absolute atomic E-state index is 0.146. The molecule has 11 heteroatoms. The molecule has 2 fully saturated rings. The van der Waals surface area contributed by atoms with Crippen molar-refractivity contribution in [3.63, 3.8) is 0 Å². The maximum absolute atomic E-state index is 13.0. The molecule has 0 saturated carbocycles. The van der Waals surface area contributed by atoms with Crippen molar-refractivity contribution in [1.82, 2.24) is 24.5 Å². The molecule has 196 valence electrons. The standard InChI is InChI=1S/C27H29ClN8O2/c1-17(24-29-9-4-10-30-24)32-21-13-22(37)35(2)23-18(21)5-3-6-20(23)33-25-19(28)14-31-26(34-25)36-15-27(16-36)7-11-38-12-8-27/h3-6,9-10,13-14,17,32H,7-8,11-12,15-16H2,1-2H3,(H,31,33,34). The summed E-state index contributed by atoms with van der Waals surface area (Å²) < 4.78 is 7.15. The van der Waals surface area contributed by atoms with Gasteiger partial charge in [-0.15, -0.1) is 0 Å². The van der Waals surface area contributed by atoms with Crippen molar-refractivity contribution in [1.29, 1.82) is 0 Å². The van der Waals surface area contributed by atoms with Gasteiger partial charge in [0.1, 0.15) is 10.8 Å². The number of aryl methyl sites for hydroxylation is 1. The fraction of sp³-hybridized carbons (Fsp3) is 0.370. The van der Waals surface area contributed by atoms with Crippen LogP contribution in [0.25, 0.3) is 10.9 Å². The summed E-state index contributed by atoms with van der Waals surface area (Å²) in [5.74, 6) is 1.78. The minimum Gasteiger partial charge on any atom is -0.381 e. The number of hydrogen-bond acceptors (Lipinski definition) is 9. The summed E-state index contributed by atoms with van der Waals surface area (Å²) in [5, 5.41) is 8.05. The second kappa shape index (κ2) is 9.85. The van der Waals surface area contributed by atoms with Gasteiger partial charge in [-0.05, 0) is 31.9 Å². The second-order valence-electron chi connectivity index (χ2n) is 10.1. The van der Waals surface area contributed by atoms with Gasteiger partial charge in [-0.1, -0.05) is 23.7 Å². The van der Waals surface area contributed by atoms with Crippen molar-refractivity contribution in [2.45, 2.75) is 25.8 Å². The molecule has 0 bridgehead atoms. The van der Waals surface area contributed by atoms with Crippen molar-refractivity contribution >= 4 is 45.6 Å². The van der Waals surface area contributed by atoms with E-state index in [1.54, 1.807) is 42.3 Å². The second-order valence-corrected chi connectivity index (χ2v) is 10.5. The van der Waals surface area contributed by atoms with Gasteiger partial charge in [-0.3, -0.25) is 4.79 Å². The summed E-state index contributed by atoms with van der Waals surface area (Å²) in [5.41, 5.74) is 2.29. The molecule has 2 N–H and O–H groups in total. The topological polar surface area (TPSA) is 110 Å². The number of halogens is 1. The SMILES string of the molecule is CC(Nc1cc(=O)n(C)c2c(Nc3nc(N4CC5(CCOCC5)C4)ncc3Cl)cccc12)c1ncccn1. The Kier molecular flexibility index (Phi) is 6.37. The third kappa shape index (κ3) is 4.54. The molecule has 2 saturated heterocycles. The lowest BCUT2D eigenvalue weighted by Crippen LogP contribution is -2.59. The first-order valence-electron chi connectivity index (χ1n) is 12.7. The number of pyridine rings is 1. The van der Waals surface area contributed by atoms with E-state index in [0.29, 0.717) is 39.4 Å². The van der Waals surface area contributed by atoms with Crippen LogP contribution in [0, 0.1) is 5.41 Å². The van der Waals surface area contributed by atoms with Gasteiger partial charge in [0.05, 0.1) is 23.4 Å². The minimum atomic E-state index is -0.197. The van der Waals surface area contributed by atoms with Crippen LogP contribution in [-0.4, -0.2) is 50.8 Å². The molecular formula is C27H29ClN8O2. The first-order chi connectivity index (χ1) is 18.4. The number of para-hydroxylation sites is 1. The quantitative estimate of drug-likeness (QED) is 0.375. The lowest BCUT2D eigenvalue weighted by molar-refractivity contribution is -0.000729. The van der Waals surface area contributed by atoms with Crippen LogP contribution in [-0.2, 0) is 11.8 Å². The first kappa shape index (κ1) is 24.6. The molecule has 6 rings (SSSR count). The summed E-state index contributed by atoms with van der Waals surface area (Å²) in [6, 6.07) is 8.99. The zero-order valence-corrected chi connectivity index (χ0v) is 22.1. The Morgan fingerprint density at radius 3 is 2.61 bits per heavy atom. The van der Waals surface area contributed by atoms with Gasteiger partial charge in [0.25, 0.3) is 5.56 Å². The van der Waals surface area contributed by atoms with E-state index in [0.717, 1.165) is 50.0 Å². The predicted octanol–water partition coefficient (Wildman–Crippen LogP) is 4.31. The van der Waals surface area contributed by atoms with Crippen molar-refractivity contribution in [2.75, 3.05) is 41.8 Å².